The van der Waals surface area contributed by atoms with Gasteiger partial charge in [0.2, 0.25) is 5.91 Å². The van der Waals surface area contributed by atoms with E-state index in [1.165, 1.54) is 7.11 Å². The van der Waals surface area contributed by atoms with Crippen molar-refractivity contribution in [3.63, 3.8) is 0 Å². The van der Waals surface area contributed by atoms with Gasteiger partial charge < -0.3 is 14.7 Å². The summed E-state index contributed by atoms with van der Waals surface area (Å²) in [5.74, 6) is -1.23. The average Bonchev–Trinajstić information content (AvgIpc) is 2.80. The monoisotopic (exact) mass is 430 g/mol. The van der Waals surface area contributed by atoms with E-state index < -0.39 is 30.1 Å². The van der Waals surface area contributed by atoms with Crippen molar-refractivity contribution in [1.82, 2.24) is 10.2 Å². The molecule has 5 atom stereocenters. The molecular formula is C24H34N2O5. The van der Waals surface area contributed by atoms with Crippen LogP contribution in [0.4, 0.5) is 0 Å². The number of aryl methyl sites for hydroxylation is 1. The first kappa shape index (κ1) is 23.3. The lowest BCUT2D eigenvalue weighted by molar-refractivity contribution is -0.159. The molecule has 3 rings (SSSR count). The first-order valence-corrected chi connectivity index (χ1v) is 11.3. The van der Waals surface area contributed by atoms with Crippen LogP contribution in [0.3, 0.4) is 0 Å². The number of piperidine rings is 1. The molecule has 2 fully saturated rings. The van der Waals surface area contributed by atoms with Crippen molar-refractivity contribution in [2.45, 2.75) is 82.5 Å². The second-order valence-corrected chi connectivity index (χ2v) is 8.78. The van der Waals surface area contributed by atoms with E-state index in [0.717, 1.165) is 37.7 Å². The number of carbonyl (C=O) groups excluding carboxylic acids is 2. The third-order valence-electron chi connectivity index (χ3n) is 6.78. The number of ether oxygens (including phenoxy) is 1. The number of likely N-dealkylation sites (tertiary alicyclic amines) is 1. The van der Waals surface area contributed by atoms with Crippen LogP contribution in [0.25, 0.3) is 0 Å². The Morgan fingerprint density at radius 1 is 1.13 bits per heavy atom. The third-order valence-corrected chi connectivity index (χ3v) is 6.78. The third kappa shape index (κ3) is 5.64. The van der Waals surface area contributed by atoms with E-state index in [4.69, 9.17) is 4.74 Å². The SMILES string of the molecule is COC(=O)C(CCc1ccccc1)N[C@@H](C)C(=O)N1C2CCCCC2CC[C@H]1C(=O)O. The molecule has 1 saturated carbocycles. The van der Waals surface area contributed by atoms with Gasteiger partial charge in [-0.15, -0.1) is 0 Å². The van der Waals surface area contributed by atoms with Crippen molar-refractivity contribution in [3.05, 3.63) is 35.9 Å². The number of nitrogens with one attached hydrogen (secondary N) is 1. The van der Waals surface area contributed by atoms with Gasteiger partial charge in [0.1, 0.15) is 12.1 Å². The number of benzene rings is 1. The van der Waals surface area contributed by atoms with E-state index in [1.807, 2.05) is 30.3 Å². The molecule has 1 amide bonds. The van der Waals surface area contributed by atoms with Gasteiger partial charge in [-0.05, 0) is 56.9 Å². The van der Waals surface area contributed by atoms with Crippen molar-refractivity contribution in [2.24, 2.45) is 5.92 Å². The highest BCUT2D eigenvalue weighted by atomic mass is 16.5. The molecule has 1 aliphatic heterocycles. The van der Waals surface area contributed by atoms with E-state index in [2.05, 4.69) is 5.32 Å². The molecule has 0 radical (unpaired) electrons. The number of rotatable bonds is 8. The number of methoxy groups -OCH3 is 1. The van der Waals surface area contributed by atoms with Crippen molar-refractivity contribution in [2.75, 3.05) is 7.11 Å². The Kier molecular flexibility index (Phi) is 8.07. The van der Waals surface area contributed by atoms with Crippen LogP contribution in [0.2, 0.25) is 0 Å². The fourth-order valence-corrected chi connectivity index (χ4v) is 5.16. The van der Waals surface area contributed by atoms with Gasteiger partial charge in [0.05, 0.1) is 13.2 Å². The zero-order chi connectivity index (χ0) is 22.4. The zero-order valence-electron chi connectivity index (χ0n) is 18.5. The lowest BCUT2D eigenvalue weighted by Crippen LogP contribution is -2.62. The smallest absolute Gasteiger partial charge is 0.326 e. The summed E-state index contributed by atoms with van der Waals surface area (Å²) in [5, 5.41) is 12.9. The normalized spacial score (nSPS) is 25.2. The van der Waals surface area contributed by atoms with Crippen LogP contribution in [-0.4, -0.2) is 59.1 Å². The minimum absolute atomic E-state index is 0.0266. The number of hydrogen-bond acceptors (Lipinski definition) is 5. The predicted octanol–water partition coefficient (Wildman–Crippen LogP) is 2.77. The summed E-state index contributed by atoms with van der Waals surface area (Å²) in [6.45, 7) is 1.71. The molecule has 2 aliphatic rings. The molecule has 1 aromatic rings. The van der Waals surface area contributed by atoms with E-state index in [0.29, 0.717) is 25.2 Å². The Balaban J connectivity index is 1.71. The lowest BCUT2D eigenvalue weighted by Gasteiger charge is -2.48. The number of aliphatic carboxylic acids is 1. The van der Waals surface area contributed by atoms with E-state index in [1.54, 1.807) is 11.8 Å². The number of carboxylic acid groups (broad SMARTS) is 1. The minimum atomic E-state index is -0.946. The average molecular weight is 431 g/mol. The van der Waals surface area contributed by atoms with Gasteiger partial charge in [0.25, 0.3) is 0 Å². The maximum Gasteiger partial charge on any atom is 0.326 e. The minimum Gasteiger partial charge on any atom is -0.480 e. The van der Waals surface area contributed by atoms with Gasteiger partial charge in [-0.3, -0.25) is 14.9 Å². The van der Waals surface area contributed by atoms with E-state index >= 15 is 0 Å². The molecule has 170 valence electrons. The maximum absolute atomic E-state index is 13.4. The molecule has 0 spiro atoms. The molecule has 1 heterocycles. The Morgan fingerprint density at radius 3 is 2.52 bits per heavy atom. The number of hydrogen-bond donors (Lipinski definition) is 2. The summed E-state index contributed by atoms with van der Waals surface area (Å²) < 4.78 is 4.95. The standard InChI is InChI=1S/C24H34N2O5/c1-16(25-19(24(30)31-2)14-12-17-8-4-3-5-9-17)22(27)26-20-11-7-6-10-18(20)13-15-21(26)23(28)29/h3-5,8-9,16,18-21,25H,6-7,10-15H2,1-2H3,(H,28,29)/t16-,18?,19?,20?,21-/m0/s1. The Bertz CT molecular complexity index is 768. The highest BCUT2D eigenvalue weighted by molar-refractivity contribution is 5.88. The summed E-state index contributed by atoms with van der Waals surface area (Å²) in [7, 11) is 1.34. The van der Waals surface area contributed by atoms with Crippen LogP contribution >= 0.6 is 0 Å². The number of amides is 1. The molecule has 2 N–H and O–H groups in total. The van der Waals surface area contributed by atoms with Crippen LogP contribution in [-0.2, 0) is 25.5 Å². The molecule has 1 aliphatic carbocycles. The van der Waals surface area contributed by atoms with Crippen LogP contribution in [0, 0.1) is 5.92 Å². The Hall–Kier alpha value is -2.41. The lowest BCUT2D eigenvalue weighted by atomic mass is 9.76. The summed E-state index contributed by atoms with van der Waals surface area (Å²) in [5.41, 5.74) is 1.10. The Morgan fingerprint density at radius 2 is 1.84 bits per heavy atom. The number of esters is 1. The quantitative estimate of drug-likeness (QED) is 0.616. The van der Waals surface area contributed by atoms with Gasteiger partial charge in [-0.2, -0.15) is 0 Å². The summed E-state index contributed by atoms with van der Waals surface area (Å²) in [6.07, 6.45) is 6.55. The first-order chi connectivity index (χ1) is 14.9. The topological polar surface area (TPSA) is 95.9 Å². The molecule has 0 bridgehead atoms. The van der Waals surface area contributed by atoms with Crippen molar-refractivity contribution in [1.29, 1.82) is 0 Å². The van der Waals surface area contributed by atoms with Gasteiger partial charge in [-0.1, -0.05) is 43.2 Å². The molecule has 31 heavy (non-hydrogen) atoms. The fourth-order valence-electron chi connectivity index (χ4n) is 5.16. The molecule has 7 heteroatoms. The molecule has 1 saturated heterocycles. The number of fused-ring (bicyclic) bond motifs is 1. The predicted molar refractivity (Wildman–Crippen MR) is 116 cm³/mol. The number of nitrogens with zero attached hydrogens (tertiary/aromatic N) is 1. The molecule has 3 unspecified atom stereocenters. The summed E-state index contributed by atoms with van der Waals surface area (Å²) >= 11 is 0. The van der Waals surface area contributed by atoms with Crippen molar-refractivity contribution < 1.29 is 24.2 Å². The Labute approximate surface area is 184 Å². The van der Waals surface area contributed by atoms with Crippen molar-refractivity contribution >= 4 is 17.8 Å². The van der Waals surface area contributed by atoms with Gasteiger partial charge in [0, 0.05) is 6.04 Å². The van der Waals surface area contributed by atoms with Crippen LogP contribution in [0.15, 0.2) is 30.3 Å². The number of carboxylic acids is 1. The highest BCUT2D eigenvalue weighted by Crippen LogP contribution is 2.38. The summed E-state index contributed by atoms with van der Waals surface area (Å²) in [4.78, 5) is 39.3. The first-order valence-electron chi connectivity index (χ1n) is 11.3. The maximum atomic E-state index is 13.4. The summed E-state index contributed by atoms with van der Waals surface area (Å²) in [6, 6.07) is 7.70. The second kappa shape index (κ2) is 10.8. The zero-order valence-corrected chi connectivity index (χ0v) is 18.5. The second-order valence-electron chi connectivity index (χ2n) is 8.78. The highest BCUT2D eigenvalue weighted by Gasteiger charge is 2.45. The van der Waals surface area contributed by atoms with Crippen LogP contribution < -0.4 is 5.32 Å². The number of carbonyl (C=O) groups is 3. The molecule has 7 nitrogen and oxygen atoms in total. The molecule has 0 aromatic heterocycles. The largest absolute Gasteiger partial charge is 0.480 e. The van der Waals surface area contributed by atoms with Gasteiger partial charge in [-0.25, -0.2) is 4.79 Å². The van der Waals surface area contributed by atoms with Crippen LogP contribution in [0.1, 0.15) is 57.4 Å². The van der Waals surface area contributed by atoms with Gasteiger partial charge >= 0.3 is 11.9 Å². The van der Waals surface area contributed by atoms with Crippen LogP contribution in [0.5, 0.6) is 0 Å². The fraction of sp³-hybridized carbons (Fsp3) is 0.625. The van der Waals surface area contributed by atoms with Crippen molar-refractivity contribution in [3.8, 4) is 0 Å². The van der Waals surface area contributed by atoms with Gasteiger partial charge in [0.15, 0.2) is 0 Å². The molecular weight excluding hydrogens is 396 g/mol. The van der Waals surface area contributed by atoms with E-state index in [9.17, 15) is 19.5 Å². The van der Waals surface area contributed by atoms with E-state index in [-0.39, 0.29) is 11.9 Å². The molecule has 1 aromatic carbocycles.